The van der Waals surface area contributed by atoms with E-state index in [9.17, 15) is 14.3 Å². The molecule has 4 aromatic heterocycles. The van der Waals surface area contributed by atoms with Crippen LogP contribution in [0.5, 0.6) is 0 Å². The van der Waals surface area contributed by atoms with Gasteiger partial charge in [0.25, 0.3) is 0 Å². The minimum Gasteiger partial charge on any atom is -0.481 e. The van der Waals surface area contributed by atoms with Gasteiger partial charge in [-0.15, -0.1) is 5.10 Å². The predicted molar refractivity (Wildman–Crippen MR) is 124 cm³/mol. The van der Waals surface area contributed by atoms with E-state index in [2.05, 4.69) is 26.6 Å². The molecule has 7 saturated carbocycles. The Bertz CT molecular complexity index is 1530. The normalized spacial score (nSPS) is 31.1. The average Bonchev–Trinajstić information content (AvgIpc) is 3.44. The third-order valence-corrected chi connectivity index (χ3v) is 9.11. The number of carbonyl (C=O) groups is 1. The van der Waals surface area contributed by atoms with E-state index in [1.165, 1.54) is 6.07 Å². The van der Waals surface area contributed by atoms with E-state index >= 15 is 0 Å². The first kappa shape index (κ1) is 19.7. The molecular weight excluding hydrogens is 449 g/mol. The highest BCUT2D eigenvalue weighted by molar-refractivity contribution is 5.89. The number of aromatic amines is 1. The van der Waals surface area contributed by atoms with Gasteiger partial charge in [-0.1, -0.05) is 0 Å². The van der Waals surface area contributed by atoms with Crippen molar-refractivity contribution >= 4 is 28.3 Å². The first-order valence-corrected chi connectivity index (χ1v) is 12.4. The molecule has 11 rings (SSSR count). The largest absolute Gasteiger partial charge is 0.481 e. The number of rotatable bonds is 5. The van der Waals surface area contributed by atoms with Gasteiger partial charge in [0.05, 0.1) is 17.5 Å². The number of hydrogen-bond donors (Lipinski definition) is 3. The summed E-state index contributed by atoms with van der Waals surface area (Å²) in [6, 6.07) is 5.31. The Labute approximate surface area is 199 Å². The second kappa shape index (κ2) is 6.56. The number of nitrogens with zero attached hydrogens (tertiary/aromatic N) is 5. The molecule has 35 heavy (non-hydrogen) atoms. The molecule has 0 unspecified atom stereocenters. The summed E-state index contributed by atoms with van der Waals surface area (Å²) in [7, 11) is 0. The number of H-pyrrole nitrogens is 1. The highest BCUT2D eigenvalue weighted by atomic mass is 19.1. The van der Waals surface area contributed by atoms with Crippen molar-refractivity contribution in [1.29, 1.82) is 0 Å². The molecule has 0 aliphatic heterocycles. The van der Waals surface area contributed by atoms with Crippen molar-refractivity contribution in [2.24, 2.45) is 23.2 Å². The number of pyridine rings is 1. The molecule has 3 N–H and O–H groups in total. The lowest BCUT2D eigenvalue weighted by Crippen LogP contribution is -2.68. The molecule has 1 spiro atoms. The van der Waals surface area contributed by atoms with Crippen LogP contribution in [-0.2, 0) is 4.79 Å². The fourth-order valence-corrected chi connectivity index (χ4v) is 7.37. The van der Waals surface area contributed by atoms with E-state index in [0.717, 1.165) is 55.9 Å². The van der Waals surface area contributed by atoms with Crippen LogP contribution in [0, 0.1) is 29.0 Å². The molecule has 3 atom stereocenters. The van der Waals surface area contributed by atoms with E-state index in [1.807, 2.05) is 10.6 Å². The molecule has 4 aromatic rings. The van der Waals surface area contributed by atoms with E-state index in [4.69, 9.17) is 10.1 Å². The number of aliphatic carboxylic acids is 1. The van der Waals surface area contributed by atoms with Crippen LogP contribution in [-0.4, -0.2) is 46.9 Å². The lowest BCUT2D eigenvalue weighted by molar-refractivity contribution is -0.182. The van der Waals surface area contributed by atoms with Gasteiger partial charge < -0.3 is 10.4 Å². The SMILES string of the molecule is O=C(O)[C@@H]1[C@@H](Nc2nc(-c3[nH]nc4ncc(F)cc34)nn3c(C4CC4)ccc23)C23CC[C@H]1C(C2)C3. The molecule has 9 nitrogen and oxygen atoms in total. The number of carboxylic acid groups (broad SMARTS) is 1. The zero-order valence-electron chi connectivity index (χ0n) is 18.9. The van der Waals surface area contributed by atoms with Gasteiger partial charge in [-0.2, -0.15) is 5.10 Å². The van der Waals surface area contributed by atoms with Crippen molar-refractivity contribution in [3.8, 4) is 11.5 Å². The molecule has 3 bridgehead atoms. The number of fused-ring (bicyclic) bond motifs is 2. The van der Waals surface area contributed by atoms with Crippen LogP contribution >= 0.6 is 0 Å². The van der Waals surface area contributed by atoms with E-state index < -0.39 is 17.7 Å². The maximum absolute atomic E-state index is 14.0. The van der Waals surface area contributed by atoms with Crippen LogP contribution in [0.1, 0.15) is 50.1 Å². The third-order valence-electron chi connectivity index (χ3n) is 9.11. The van der Waals surface area contributed by atoms with Gasteiger partial charge in [0, 0.05) is 17.7 Å². The second-order valence-electron chi connectivity index (χ2n) is 11.0. The van der Waals surface area contributed by atoms with E-state index in [1.54, 1.807) is 0 Å². The Balaban J connectivity index is 1.30. The Morgan fingerprint density at radius 2 is 2.11 bits per heavy atom. The smallest absolute Gasteiger partial charge is 0.308 e. The molecular formula is C25H24FN7O2. The van der Waals surface area contributed by atoms with Gasteiger partial charge in [0.15, 0.2) is 11.5 Å². The summed E-state index contributed by atoms with van der Waals surface area (Å²) in [5, 5.41) is 26.3. The van der Waals surface area contributed by atoms with Crippen LogP contribution in [0.15, 0.2) is 24.4 Å². The average molecular weight is 474 g/mol. The summed E-state index contributed by atoms with van der Waals surface area (Å²) in [6.07, 6.45) is 7.62. The van der Waals surface area contributed by atoms with Gasteiger partial charge >= 0.3 is 5.97 Å². The summed E-state index contributed by atoms with van der Waals surface area (Å²) in [5.41, 5.74) is 2.85. The topological polar surface area (TPSA) is 121 Å². The van der Waals surface area contributed by atoms with Crippen LogP contribution in [0.3, 0.4) is 0 Å². The first-order chi connectivity index (χ1) is 17.0. The van der Waals surface area contributed by atoms with Crippen LogP contribution in [0.25, 0.3) is 28.1 Å². The molecule has 0 radical (unpaired) electrons. The highest BCUT2D eigenvalue weighted by Gasteiger charge is 2.66. The van der Waals surface area contributed by atoms with Gasteiger partial charge in [0.2, 0.25) is 5.82 Å². The molecule has 0 amide bonds. The number of anilines is 1. The summed E-state index contributed by atoms with van der Waals surface area (Å²) in [5.74, 6) is 0.616. The van der Waals surface area contributed by atoms with Gasteiger partial charge in [-0.05, 0) is 74.0 Å². The first-order valence-electron chi connectivity index (χ1n) is 12.4. The molecule has 178 valence electrons. The van der Waals surface area contributed by atoms with Gasteiger partial charge in [-0.3, -0.25) is 9.89 Å². The summed E-state index contributed by atoms with van der Waals surface area (Å²) < 4.78 is 15.9. The molecule has 7 aliphatic rings. The van der Waals surface area contributed by atoms with E-state index in [0.29, 0.717) is 40.2 Å². The number of halogens is 1. The minimum absolute atomic E-state index is 0.0181. The predicted octanol–water partition coefficient (Wildman–Crippen LogP) is 3.99. The van der Waals surface area contributed by atoms with Crippen molar-refractivity contribution < 1.29 is 14.3 Å². The minimum atomic E-state index is -0.721. The van der Waals surface area contributed by atoms with Crippen LogP contribution in [0.4, 0.5) is 10.2 Å². The van der Waals surface area contributed by atoms with Crippen molar-refractivity contribution in [2.45, 2.75) is 50.5 Å². The molecule has 0 saturated heterocycles. The standard InChI is InChI=1S/C25H24FN7O2/c26-13-7-15-19(30-31-21(15)27-10-13)23-29-22(17-4-3-16(11-1-2-11)33(17)32-23)28-20-18(24(34)35)14-5-6-25(20)8-12(14)9-25/h3-4,7,10-12,14,18,20H,1-2,5-6,8-9H2,(H,34,35)(H,27,30,31)(H,28,29,32)/t12?,14-,18-,20+,25?/m0/s1. The maximum Gasteiger partial charge on any atom is 0.308 e. The summed E-state index contributed by atoms with van der Waals surface area (Å²) in [6.45, 7) is 0. The van der Waals surface area contributed by atoms with Crippen molar-refractivity contribution in [3.63, 3.8) is 0 Å². The second-order valence-corrected chi connectivity index (χ2v) is 11.0. The zero-order chi connectivity index (χ0) is 23.5. The molecule has 7 fully saturated rings. The number of hydrogen-bond acceptors (Lipinski definition) is 6. The molecule has 4 heterocycles. The lowest BCUT2D eigenvalue weighted by Gasteiger charge is -2.67. The zero-order valence-corrected chi connectivity index (χ0v) is 18.9. The Hall–Kier alpha value is -3.56. The van der Waals surface area contributed by atoms with Crippen LogP contribution < -0.4 is 5.32 Å². The van der Waals surface area contributed by atoms with Crippen molar-refractivity contribution in [3.05, 3.63) is 35.9 Å². The Kier molecular flexibility index (Phi) is 3.69. The number of aromatic nitrogens is 6. The fourth-order valence-electron chi connectivity index (χ4n) is 7.37. The fraction of sp³-hybridized carbons (Fsp3) is 0.480. The Morgan fingerprint density at radius 3 is 2.86 bits per heavy atom. The quantitative estimate of drug-likeness (QED) is 0.401. The Morgan fingerprint density at radius 1 is 1.26 bits per heavy atom. The monoisotopic (exact) mass is 473 g/mol. The van der Waals surface area contributed by atoms with Crippen molar-refractivity contribution in [1.82, 2.24) is 29.8 Å². The highest BCUT2D eigenvalue weighted by Crippen LogP contribution is 2.68. The number of carboxylic acids is 1. The molecule has 0 aromatic carbocycles. The van der Waals surface area contributed by atoms with Gasteiger partial charge in [-0.25, -0.2) is 18.9 Å². The lowest BCUT2D eigenvalue weighted by atomic mass is 9.38. The van der Waals surface area contributed by atoms with Gasteiger partial charge in [0.1, 0.15) is 17.0 Å². The summed E-state index contributed by atoms with van der Waals surface area (Å²) in [4.78, 5) is 21.3. The molecule has 10 heteroatoms. The molecule has 7 aliphatic carbocycles. The van der Waals surface area contributed by atoms with Crippen LogP contribution in [0.2, 0.25) is 0 Å². The maximum atomic E-state index is 14.0. The number of nitrogens with one attached hydrogen (secondary N) is 2. The summed E-state index contributed by atoms with van der Waals surface area (Å²) >= 11 is 0. The third kappa shape index (κ3) is 2.65. The van der Waals surface area contributed by atoms with Crippen molar-refractivity contribution in [2.75, 3.05) is 5.32 Å². The van der Waals surface area contributed by atoms with E-state index in [-0.39, 0.29) is 17.4 Å².